The van der Waals surface area contributed by atoms with E-state index in [9.17, 15) is 0 Å². The Morgan fingerprint density at radius 1 is 1.67 bits per heavy atom. The lowest BCUT2D eigenvalue weighted by Gasteiger charge is -2.04. The highest BCUT2D eigenvalue weighted by atomic mass is 14.9. The number of hydrogen-bond acceptors (Lipinski definition) is 2. The van der Waals surface area contributed by atoms with Crippen LogP contribution in [-0.2, 0) is 0 Å². The zero-order chi connectivity index (χ0) is 6.69. The number of hydrogen-bond donors (Lipinski definition) is 2. The van der Waals surface area contributed by atoms with E-state index in [1.807, 2.05) is 0 Å². The van der Waals surface area contributed by atoms with Crippen LogP contribution in [0.3, 0.4) is 0 Å². The van der Waals surface area contributed by atoms with Gasteiger partial charge in [0.05, 0.1) is 0 Å². The molecule has 0 radical (unpaired) electrons. The van der Waals surface area contributed by atoms with Crippen LogP contribution in [0.25, 0.3) is 0 Å². The largest absolute Gasteiger partial charge is 0.330 e. The molecule has 0 aromatic heterocycles. The monoisotopic (exact) mass is 128 g/mol. The molecule has 0 spiro atoms. The first-order valence-corrected chi connectivity index (χ1v) is 3.80. The topological polar surface area (TPSA) is 38.0 Å². The van der Waals surface area contributed by atoms with Crippen LogP contribution in [0.1, 0.15) is 19.8 Å². The van der Waals surface area contributed by atoms with Gasteiger partial charge in [0.25, 0.3) is 0 Å². The molecular weight excluding hydrogens is 112 g/mol. The molecule has 9 heavy (non-hydrogen) atoms. The predicted octanol–water partition coefficient (Wildman–Crippen LogP) is 0.333. The van der Waals surface area contributed by atoms with Crippen molar-refractivity contribution in [1.29, 1.82) is 0 Å². The smallest absolute Gasteiger partial charge is 0.00681 e. The zero-order valence-corrected chi connectivity index (χ0v) is 6.06. The van der Waals surface area contributed by atoms with Gasteiger partial charge in [-0.3, -0.25) is 0 Å². The van der Waals surface area contributed by atoms with Crippen molar-refractivity contribution in [3.05, 3.63) is 0 Å². The van der Waals surface area contributed by atoms with Gasteiger partial charge in [0.2, 0.25) is 0 Å². The maximum Gasteiger partial charge on any atom is 0.00681 e. The second-order valence-electron chi connectivity index (χ2n) is 2.85. The van der Waals surface area contributed by atoms with Crippen molar-refractivity contribution in [3.8, 4) is 0 Å². The van der Waals surface area contributed by atoms with E-state index in [0.717, 1.165) is 25.0 Å². The first kappa shape index (κ1) is 7.03. The molecule has 1 fully saturated rings. The first-order valence-electron chi connectivity index (χ1n) is 3.80. The standard InChI is InChI=1S/C7H16N2/c1-2-7-3-6(4-8)5-9-7/h6-7,9H,2-5,8H2,1H3/t6-,7+/m0/s1. The second-order valence-corrected chi connectivity index (χ2v) is 2.85. The molecule has 1 heterocycles. The number of nitrogens with one attached hydrogen (secondary N) is 1. The maximum atomic E-state index is 5.51. The van der Waals surface area contributed by atoms with Crippen LogP contribution in [0.4, 0.5) is 0 Å². The third-order valence-corrected chi connectivity index (χ3v) is 2.14. The van der Waals surface area contributed by atoms with E-state index in [4.69, 9.17) is 5.73 Å². The third kappa shape index (κ3) is 1.66. The van der Waals surface area contributed by atoms with Gasteiger partial charge in [0.1, 0.15) is 0 Å². The molecular formula is C7H16N2. The molecule has 2 atom stereocenters. The Labute approximate surface area is 56.8 Å². The minimum Gasteiger partial charge on any atom is -0.330 e. The highest BCUT2D eigenvalue weighted by Gasteiger charge is 2.20. The van der Waals surface area contributed by atoms with E-state index < -0.39 is 0 Å². The first-order chi connectivity index (χ1) is 4.36. The molecule has 0 aromatic carbocycles. The Morgan fingerprint density at radius 3 is 2.78 bits per heavy atom. The minimum atomic E-state index is 0.745. The Balaban J connectivity index is 2.20. The molecule has 0 bridgehead atoms. The van der Waals surface area contributed by atoms with Crippen molar-refractivity contribution in [2.45, 2.75) is 25.8 Å². The van der Waals surface area contributed by atoms with Gasteiger partial charge in [0, 0.05) is 6.04 Å². The number of nitrogens with two attached hydrogens (primary N) is 1. The highest BCUT2D eigenvalue weighted by molar-refractivity contribution is 4.80. The summed E-state index contributed by atoms with van der Waals surface area (Å²) in [6.45, 7) is 4.20. The molecule has 2 nitrogen and oxygen atoms in total. The molecule has 1 aliphatic heterocycles. The SMILES string of the molecule is CC[C@@H]1C[C@@H](CN)CN1. The molecule has 54 valence electrons. The normalized spacial score (nSPS) is 35.3. The van der Waals surface area contributed by atoms with Gasteiger partial charge >= 0.3 is 0 Å². The summed E-state index contributed by atoms with van der Waals surface area (Å²) < 4.78 is 0. The Kier molecular flexibility index (Phi) is 2.49. The minimum absolute atomic E-state index is 0.745. The Hall–Kier alpha value is -0.0800. The van der Waals surface area contributed by atoms with Crippen LogP contribution in [0.5, 0.6) is 0 Å². The number of rotatable bonds is 2. The van der Waals surface area contributed by atoms with Gasteiger partial charge in [-0.15, -0.1) is 0 Å². The van der Waals surface area contributed by atoms with Crippen LogP contribution in [0.2, 0.25) is 0 Å². The fraction of sp³-hybridized carbons (Fsp3) is 1.00. The van der Waals surface area contributed by atoms with Crippen LogP contribution >= 0.6 is 0 Å². The molecule has 1 saturated heterocycles. The molecule has 2 heteroatoms. The lowest BCUT2D eigenvalue weighted by Crippen LogP contribution is -2.20. The Bertz CT molecular complexity index is 73.0. The van der Waals surface area contributed by atoms with Crippen molar-refractivity contribution in [3.63, 3.8) is 0 Å². The van der Waals surface area contributed by atoms with Gasteiger partial charge in [-0.25, -0.2) is 0 Å². The van der Waals surface area contributed by atoms with Gasteiger partial charge < -0.3 is 11.1 Å². The molecule has 3 N–H and O–H groups in total. The molecule has 0 aromatic rings. The van der Waals surface area contributed by atoms with E-state index in [1.165, 1.54) is 12.8 Å². The lowest BCUT2D eigenvalue weighted by molar-refractivity contribution is 0.550. The van der Waals surface area contributed by atoms with Crippen LogP contribution < -0.4 is 11.1 Å². The van der Waals surface area contributed by atoms with E-state index in [1.54, 1.807) is 0 Å². The fourth-order valence-corrected chi connectivity index (χ4v) is 1.39. The summed E-state index contributed by atoms with van der Waals surface area (Å²) in [7, 11) is 0. The van der Waals surface area contributed by atoms with Crippen LogP contribution in [0.15, 0.2) is 0 Å². The van der Waals surface area contributed by atoms with Crippen molar-refractivity contribution in [2.24, 2.45) is 11.7 Å². The summed E-state index contributed by atoms with van der Waals surface area (Å²) in [5.74, 6) is 0.745. The van der Waals surface area contributed by atoms with E-state index >= 15 is 0 Å². The molecule has 1 aliphatic rings. The summed E-state index contributed by atoms with van der Waals surface area (Å²) in [5, 5.41) is 3.43. The zero-order valence-electron chi connectivity index (χ0n) is 6.06. The summed E-state index contributed by atoms with van der Waals surface area (Å²) in [6, 6.07) is 0.749. The van der Waals surface area contributed by atoms with E-state index in [2.05, 4.69) is 12.2 Å². The average Bonchev–Trinajstić information content (AvgIpc) is 2.34. The summed E-state index contributed by atoms with van der Waals surface area (Å²) >= 11 is 0. The van der Waals surface area contributed by atoms with Gasteiger partial charge in [-0.2, -0.15) is 0 Å². The lowest BCUT2D eigenvalue weighted by atomic mass is 10.1. The third-order valence-electron chi connectivity index (χ3n) is 2.14. The summed E-state index contributed by atoms with van der Waals surface area (Å²) in [5.41, 5.74) is 5.51. The van der Waals surface area contributed by atoms with Gasteiger partial charge in [-0.1, -0.05) is 6.92 Å². The summed E-state index contributed by atoms with van der Waals surface area (Å²) in [4.78, 5) is 0. The van der Waals surface area contributed by atoms with Gasteiger partial charge in [0.15, 0.2) is 0 Å². The highest BCUT2D eigenvalue weighted by Crippen LogP contribution is 2.13. The van der Waals surface area contributed by atoms with Crippen molar-refractivity contribution in [1.82, 2.24) is 5.32 Å². The quantitative estimate of drug-likeness (QED) is 0.562. The molecule has 1 rings (SSSR count). The molecule has 0 amide bonds. The van der Waals surface area contributed by atoms with Crippen LogP contribution in [0, 0.1) is 5.92 Å². The van der Waals surface area contributed by atoms with E-state index in [0.29, 0.717) is 0 Å². The van der Waals surface area contributed by atoms with E-state index in [-0.39, 0.29) is 0 Å². The molecule has 0 saturated carbocycles. The molecule has 0 aliphatic carbocycles. The predicted molar refractivity (Wildman–Crippen MR) is 39.2 cm³/mol. The fourth-order valence-electron chi connectivity index (χ4n) is 1.39. The maximum absolute atomic E-state index is 5.51. The van der Waals surface area contributed by atoms with Crippen molar-refractivity contribution < 1.29 is 0 Å². The Morgan fingerprint density at radius 2 is 2.44 bits per heavy atom. The van der Waals surface area contributed by atoms with Crippen molar-refractivity contribution >= 4 is 0 Å². The molecule has 0 unspecified atom stereocenters. The summed E-state index contributed by atoms with van der Waals surface area (Å²) in [6.07, 6.45) is 2.53. The van der Waals surface area contributed by atoms with Crippen LogP contribution in [-0.4, -0.2) is 19.1 Å². The second kappa shape index (κ2) is 3.18. The van der Waals surface area contributed by atoms with Gasteiger partial charge in [-0.05, 0) is 31.8 Å². The average molecular weight is 128 g/mol. The van der Waals surface area contributed by atoms with Crippen molar-refractivity contribution in [2.75, 3.05) is 13.1 Å².